The van der Waals surface area contributed by atoms with E-state index >= 15 is 0 Å². The first-order valence-electron chi connectivity index (χ1n) is 11.7. The van der Waals surface area contributed by atoms with E-state index in [1.807, 2.05) is 20.8 Å². The molecule has 18 heteroatoms. The minimum absolute atomic E-state index is 0.0729. The van der Waals surface area contributed by atoms with Crippen LogP contribution in [0, 0.1) is 0 Å². The number of amides is 1. The van der Waals surface area contributed by atoms with Crippen molar-refractivity contribution < 1.29 is 35.3 Å². The zero-order chi connectivity index (χ0) is 29.7. The number of hydrogen-bond acceptors (Lipinski definition) is 11. The molecule has 0 atom stereocenters. The lowest BCUT2D eigenvalue weighted by Gasteiger charge is -2.15. The normalized spacial score (nSPS) is 13.0. The van der Waals surface area contributed by atoms with Gasteiger partial charge >= 0.3 is 0 Å². The van der Waals surface area contributed by atoms with Crippen LogP contribution in [0.2, 0.25) is 0 Å². The number of benzene rings is 2. The first-order chi connectivity index (χ1) is 19.1. The number of fused-ring (bicyclic) bond motifs is 2. The Morgan fingerprint density at radius 3 is 2.39 bits per heavy atom. The Kier molecular flexibility index (Phi) is 6.72. The van der Waals surface area contributed by atoms with Crippen molar-refractivity contribution in [2.45, 2.75) is 31.1 Å². The third-order valence-electron chi connectivity index (χ3n) is 5.79. The van der Waals surface area contributed by atoms with Crippen LogP contribution in [0.15, 0.2) is 62.1 Å². The van der Waals surface area contributed by atoms with Crippen LogP contribution in [-0.2, 0) is 25.7 Å². The van der Waals surface area contributed by atoms with Crippen LogP contribution in [0.4, 0.5) is 11.5 Å². The molecular weight excluding hydrogens is 580 g/mol. The van der Waals surface area contributed by atoms with Gasteiger partial charge in [-0.15, -0.1) is 20.0 Å². The number of aromatic amines is 1. The molecule has 0 radical (unpaired) electrons. The quantitative estimate of drug-likeness (QED) is 0.156. The van der Waals surface area contributed by atoms with Gasteiger partial charge in [-0.25, -0.2) is 0 Å². The van der Waals surface area contributed by atoms with Gasteiger partial charge in [0.2, 0.25) is 5.82 Å². The standard InChI is InChI=1S/C23H22N8O8S2/c1-23(2,3)18-17(26-27-20-15-9-8-14(41(36,37)38)10-16(15)39-30-20)21-25-19(29-31(21)28-18)12-4-6-13(7-5-12)22(32)24-11-40(33,34)35/h4-10H,11H2,1-3H3,(H,24,32)(H,25,29)(H,33,34,35)(H,36,37,38). The van der Waals surface area contributed by atoms with E-state index in [1.54, 1.807) is 12.1 Å². The fraction of sp³-hybridized carbons (Fsp3) is 0.217. The molecule has 16 nitrogen and oxygen atoms in total. The molecule has 5 rings (SSSR count). The van der Waals surface area contributed by atoms with Gasteiger partial charge in [-0.05, 0) is 24.3 Å². The lowest BCUT2D eigenvalue weighted by molar-refractivity contribution is 0.0959. The first-order valence-corrected chi connectivity index (χ1v) is 14.8. The van der Waals surface area contributed by atoms with E-state index in [1.165, 1.54) is 28.9 Å². The fourth-order valence-electron chi connectivity index (χ4n) is 3.81. The largest absolute Gasteiger partial charge is 0.354 e. The summed E-state index contributed by atoms with van der Waals surface area (Å²) in [7, 11) is -8.79. The molecule has 0 unspecified atom stereocenters. The highest BCUT2D eigenvalue weighted by Gasteiger charge is 2.27. The molecule has 0 saturated carbocycles. The third-order valence-corrected chi connectivity index (χ3v) is 7.15. The van der Waals surface area contributed by atoms with E-state index in [-0.39, 0.29) is 21.9 Å². The Hall–Kier alpha value is -4.52. The highest BCUT2D eigenvalue weighted by atomic mass is 32.2. The van der Waals surface area contributed by atoms with Crippen LogP contribution >= 0.6 is 0 Å². The van der Waals surface area contributed by atoms with Crippen molar-refractivity contribution in [1.82, 2.24) is 30.3 Å². The summed E-state index contributed by atoms with van der Waals surface area (Å²) >= 11 is 0. The van der Waals surface area contributed by atoms with Crippen LogP contribution < -0.4 is 5.32 Å². The summed E-state index contributed by atoms with van der Waals surface area (Å²) in [5.74, 6) is -1.13. The fourth-order valence-corrected chi connectivity index (χ4v) is 4.62. The predicted molar refractivity (Wildman–Crippen MR) is 143 cm³/mol. The first kappa shape index (κ1) is 28.0. The molecule has 41 heavy (non-hydrogen) atoms. The molecule has 3 aromatic heterocycles. The second-order valence-corrected chi connectivity index (χ2v) is 12.8. The third kappa shape index (κ3) is 5.85. The maximum atomic E-state index is 12.1. The molecule has 4 N–H and O–H groups in total. The molecule has 0 aliphatic heterocycles. The topological polar surface area (TPSA) is 235 Å². The predicted octanol–water partition coefficient (Wildman–Crippen LogP) is 3.40. The summed E-state index contributed by atoms with van der Waals surface area (Å²) in [5.41, 5.74) is 1.72. The maximum absolute atomic E-state index is 12.1. The minimum atomic E-state index is -4.43. The van der Waals surface area contributed by atoms with Crippen molar-refractivity contribution in [2.24, 2.45) is 10.2 Å². The Labute approximate surface area is 232 Å². The lowest BCUT2D eigenvalue weighted by atomic mass is 9.91. The smallest absolute Gasteiger partial charge is 0.294 e. The number of azo groups is 1. The van der Waals surface area contributed by atoms with Crippen molar-refractivity contribution in [2.75, 3.05) is 5.88 Å². The van der Waals surface area contributed by atoms with Crippen molar-refractivity contribution in [3.63, 3.8) is 0 Å². The van der Waals surface area contributed by atoms with Crippen LogP contribution in [-0.4, -0.2) is 62.7 Å². The van der Waals surface area contributed by atoms with Gasteiger partial charge < -0.3 is 14.8 Å². The highest BCUT2D eigenvalue weighted by molar-refractivity contribution is 7.86. The van der Waals surface area contributed by atoms with E-state index in [4.69, 9.17) is 9.08 Å². The monoisotopic (exact) mass is 602 g/mol. The van der Waals surface area contributed by atoms with Gasteiger partial charge in [0.25, 0.3) is 26.1 Å². The number of hydrogen-bond donors (Lipinski definition) is 4. The van der Waals surface area contributed by atoms with Gasteiger partial charge in [-0.2, -0.15) is 21.9 Å². The van der Waals surface area contributed by atoms with Crippen molar-refractivity contribution in [3.05, 3.63) is 53.7 Å². The Morgan fingerprint density at radius 2 is 1.76 bits per heavy atom. The minimum Gasteiger partial charge on any atom is -0.354 e. The van der Waals surface area contributed by atoms with Gasteiger partial charge in [0.05, 0.1) is 16.0 Å². The van der Waals surface area contributed by atoms with E-state index in [2.05, 4.69) is 35.9 Å². The number of nitrogens with one attached hydrogen (secondary N) is 2. The van der Waals surface area contributed by atoms with E-state index in [0.717, 1.165) is 6.07 Å². The second kappa shape index (κ2) is 9.84. The molecule has 1 amide bonds. The highest BCUT2D eigenvalue weighted by Crippen LogP contribution is 2.36. The van der Waals surface area contributed by atoms with Crippen LogP contribution in [0.5, 0.6) is 0 Å². The number of H-pyrrole nitrogens is 1. The molecule has 0 bridgehead atoms. The molecular formula is C23H22N8O8S2. The number of carbonyl (C=O) groups excluding carboxylic acids is 1. The van der Waals surface area contributed by atoms with E-state index in [0.29, 0.717) is 33.8 Å². The maximum Gasteiger partial charge on any atom is 0.294 e. The van der Waals surface area contributed by atoms with Gasteiger partial charge in [-0.3, -0.25) is 13.9 Å². The van der Waals surface area contributed by atoms with Gasteiger partial charge in [0.1, 0.15) is 5.88 Å². The van der Waals surface area contributed by atoms with Crippen molar-refractivity contribution in [1.29, 1.82) is 0 Å². The van der Waals surface area contributed by atoms with Gasteiger partial charge in [0.15, 0.2) is 22.7 Å². The average molecular weight is 603 g/mol. The van der Waals surface area contributed by atoms with Gasteiger partial charge in [0, 0.05) is 22.6 Å². The summed E-state index contributed by atoms with van der Waals surface area (Å²) in [6, 6.07) is 9.82. The van der Waals surface area contributed by atoms with Crippen molar-refractivity contribution in [3.8, 4) is 11.4 Å². The molecule has 0 aliphatic rings. The number of carbonyl (C=O) groups is 1. The summed E-state index contributed by atoms with van der Waals surface area (Å²) < 4.78 is 69.2. The van der Waals surface area contributed by atoms with Crippen LogP contribution in [0.25, 0.3) is 28.0 Å². The molecule has 3 heterocycles. The molecule has 0 aliphatic carbocycles. The summed E-state index contributed by atoms with van der Waals surface area (Å²) in [6.07, 6.45) is 0. The zero-order valence-electron chi connectivity index (χ0n) is 21.6. The average Bonchev–Trinajstić information content (AvgIpc) is 3.57. The van der Waals surface area contributed by atoms with E-state index in [9.17, 15) is 26.2 Å². The Morgan fingerprint density at radius 1 is 1.05 bits per heavy atom. The lowest BCUT2D eigenvalue weighted by Crippen LogP contribution is -2.29. The zero-order valence-corrected chi connectivity index (χ0v) is 23.2. The Bertz CT molecular complexity index is 2050. The van der Waals surface area contributed by atoms with Crippen molar-refractivity contribution >= 4 is 54.3 Å². The van der Waals surface area contributed by atoms with Gasteiger partial charge in [-0.1, -0.05) is 38.1 Å². The molecule has 2 aromatic carbocycles. The molecule has 0 saturated heterocycles. The summed E-state index contributed by atoms with van der Waals surface area (Å²) in [6.45, 7) is 5.80. The van der Waals surface area contributed by atoms with E-state index < -0.39 is 37.4 Å². The van der Waals surface area contributed by atoms with Crippen LogP contribution in [0.1, 0.15) is 36.8 Å². The second-order valence-electron chi connectivity index (χ2n) is 9.91. The molecule has 5 aromatic rings. The number of nitrogens with zero attached hydrogens (tertiary/aromatic N) is 6. The Balaban J connectivity index is 1.48. The SMILES string of the molecule is CC(C)(C)c1nn2nc(-c3ccc(C(=O)NCS(=O)(=O)O)cc3)[nH]c2c1N=Nc1noc2cc(S(=O)(=O)O)ccc12. The van der Waals surface area contributed by atoms with Crippen LogP contribution in [0.3, 0.4) is 0 Å². The molecule has 0 fully saturated rings. The molecule has 0 spiro atoms. The number of rotatable bonds is 7. The number of aromatic nitrogens is 5. The summed E-state index contributed by atoms with van der Waals surface area (Å²) in [5, 5.41) is 23.9. The summed E-state index contributed by atoms with van der Waals surface area (Å²) in [4.78, 5) is 14.9. The molecule has 214 valence electrons.